The molecule has 0 bridgehead atoms. The van der Waals surface area contributed by atoms with Gasteiger partial charge in [0.25, 0.3) is 11.8 Å². The Labute approximate surface area is 199 Å². The highest BCUT2D eigenvalue weighted by atomic mass is 32.2. The number of carbonyl (C=O) groups excluding carboxylic acids is 2. The number of rotatable bonds is 6. The van der Waals surface area contributed by atoms with Crippen molar-refractivity contribution < 1.29 is 22.4 Å². The molecule has 2 N–H and O–H groups in total. The Morgan fingerprint density at radius 2 is 1.79 bits per heavy atom. The third-order valence-electron chi connectivity index (χ3n) is 5.86. The van der Waals surface area contributed by atoms with Crippen LogP contribution in [0.4, 0.5) is 11.4 Å². The van der Waals surface area contributed by atoms with Crippen molar-refractivity contribution in [1.29, 1.82) is 0 Å². The number of nitrogens with zero attached hydrogens (tertiary/aromatic N) is 1. The molecule has 1 fully saturated rings. The molecule has 1 aliphatic rings. The normalized spacial score (nSPS) is 16.7. The van der Waals surface area contributed by atoms with Gasteiger partial charge in [-0.3, -0.25) is 9.59 Å². The van der Waals surface area contributed by atoms with E-state index >= 15 is 0 Å². The Morgan fingerprint density at radius 3 is 2.47 bits per heavy atom. The van der Waals surface area contributed by atoms with Crippen molar-refractivity contribution in [3.05, 3.63) is 77.7 Å². The molecule has 2 heterocycles. The maximum Gasteiger partial charge on any atom is 0.291 e. The van der Waals surface area contributed by atoms with Gasteiger partial charge in [-0.15, -0.1) is 0 Å². The number of benzene rings is 2. The summed E-state index contributed by atoms with van der Waals surface area (Å²) in [5.74, 6) is -0.284. The second-order valence-corrected chi connectivity index (χ2v) is 10.5. The smallest absolute Gasteiger partial charge is 0.291 e. The molecule has 9 heteroatoms. The molecule has 178 valence electrons. The van der Waals surface area contributed by atoms with Crippen molar-refractivity contribution in [2.24, 2.45) is 5.92 Å². The number of hydrogen-bond acceptors (Lipinski definition) is 5. The van der Waals surface area contributed by atoms with Gasteiger partial charge in [0.1, 0.15) is 0 Å². The summed E-state index contributed by atoms with van der Waals surface area (Å²) in [4.78, 5) is 25.3. The number of carbonyl (C=O) groups is 2. The molecule has 2 amide bonds. The van der Waals surface area contributed by atoms with Crippen LogP contribution in [0, 0.1) is 12.8 Å². The van der Waals surface area contributed by atoms with E-state index in [0.717, 1.165) is 18.4 Å². The second kappa shape index (κ2) is 9.82. The van der Waals surface area contributed by atoms with Gasteiger partial charge in [-0.25, -0.2) is 8.42 Å². The van der Waals surface area contributed by atoms with E-state index in [4.69, 9.17) is 4.42 Å². The van der Waals surface area contributed by atoms with E-state index in [1.165, 1.54) is 22.7 Å². The number of hydrogen-bond donors (Lipinski definition) is 2. The Balaban J connectivity index is 1.45. The minimum atomic E-state index is -3.56. The van der Waals surface area contributed by atoms with Crippen LogP contribution in [0.3, 0.4) is 0 Å². The third-order valence-corrected chi connectivity index (χ3v) is 7.74. The first kappa shape index (κ1) is 23.7. The predicted octanol–water partition coefficient (Wildman–Crippen LogP) is 4.51. The summed E-state index contributed by atoms with van der Waals surface area (Å²) in [5.41, 5.74) is 2.10. The Kier molecular flexibility index (Phi) is 6.85. The molecular formula is C25H27N3O5S. The quantitative estimate of drug-likeness (QED) is 0.538. The fourth-order valence-electron chi connectivity index (χ4n) is 3.92. The van der Waals surface area contributed by atoms with Crippen LogP contribution < -0.4 is 10.6 Å². The van der Waals surface area contributed by atoms with E-state index in [1.807, 2.05) is 6.92 Å². The monoisotopic (exact) mass is 481 g/mol. The van der Waals surface area contributed by atoms with Crippen molar-refractivity contribution in [1.82, 2.24) is 4.31 Å². The van der Waals surface area contributed by atoms with Gasteiger partial charge in [0.15, 0.2) is 5.76 Å². The summed E-state index contributed by atoms with van der Waals surface area (Å²) in [6.45, 7) is 4.92. The molecule has 34 heavy (non-hydrogen) atoms. The van der Waals surface area contributed by atoms with Crippen molar-refractivity contribution in [3.63, 3.8) is 0 Å². The van der Waals surface area contributed by atoms with Crippen LogP contribution in [0.1, 0.15) is 46.2 Å². The van der Waals surface area contributed by atoms with Crippen LogP contribution in [0.15, 0.2) is 70.2 Å². The lowest BCUT2D eigenvalue weighted by atomic mass is 10.0. The maximum atomic E-state index is 12.9. The highest BCUT2D eigenvalue weighted by Gasteiger charge is 2.28. The lowest BCUT2D eigenvalue weighted by Gasteiger charge is -2.30. The number of aryl methyl sites for hydroxylation is 1. The molecule has 0 spiro atoms. The van der Waals surface area contributed by atoms with Gasteiger partial charge in [0.05, 0.1) is 11.2 Å². The Morgan fingerprint density at radius 1 is 1.03 bits per heavy atom. The van der Waals surface area contributed by atoms with Gasteiger partial charge >= 0.3 is 0 Å². The van der Waals surface area contributed by atoms with Gasteiger partial charge in [0.2, 0.25) is 10.0 Å². The molecule has 0 radical (unpaired) electrons. The molecule has 0 aliphatic carbocycles. The van der Waals surface area contributed by atoms with Gasteiger partial charge in [-0.1, -0.05) is 13.0 Å². The van der Waals surface area contributed by atoms with E-state index in [2.05, 4.69) is 17.6 Å². The first-order chi connectivity index (χ1) is 16.2. The molecule has 1 unspecified atom stereocenters. The summed E-state index contributed by atoms with van der Waals surface area (Å²) in [7, 11) is -3.56. The van der Waals surface area contributed by atoms with Crippen molar-refractivity contribution in [2.45, 2.75) is 31.6 Å². The zero-order valence-corrected chi connectivity index (χ0v) is 19.9. The summed E-state index contributed by atoms with van der Waals surface area (Å²) < 4.78 is 32.5. The highest BCUT2D eigenvalue weighted by Crippen LogP contribution is 2.25. The van der Waals surface area contributed by atoms with Crippen molar-refractivity contribution >= 4 is 33.2 Å². The van der Waals surface area contributed by atoms with Crippen LogP contribution in [-0.2, 0) is 10.0 Å². The molecule has 0 saturated carbocycles. The summed E-state index contributed by atoms with van der Waals surface area (Å²) in [6, 6.07) is 14.3. The molecule has 1 aromatic heterocycles. The zero-order valence-electron chi connectivity index (χ0n) is 19.1. The minimum absolute atomic E-state index is 0.170. The van der Waals surface area contributed by atoms with E-state index in [1.54, 1.807) is 42.5 Å². The topological polar surface area (TPSA) is 109 Å². The molecule has 3 aromatic rings. The second-order valence-electron chi connectivity index (χ2n) is 8.55. The number of anilines is 2. The largest absolute Gasteiger partial charge is 0.459 e. The van der Waals surface area contributed by atoms with E-state index in [0.29, 0.717) is 35.9 Å². The van der Waals surface area contributed by atoms with Crippen LogP contribution in [0.2, 0.25) is 0 Å². The number of sulfonamides is 1. The number of amides is 2. The summed E-state index contributed by atoms with van der Waals surface area (Å²) in [5, 5.41) is 5.52. The molecular weight excluding hydrogens is 454 g/mol. The van der Waals surface area contributed by atoms with Crippen LogP contribution >= 0.6 is 0 Å². The van der Waals surface area contributed by atoms with Crippen molar-refractivity contribution in [2.75, 3.05) is 23.7 Å². The molecule has 1 atom stereocenters. The van der Waals surface area contributed by atoms with Gasteiger partial charge in [0, 0.05) is 30.0 Å². The Bertz CT molecular complexity index is 1280. The van der Waals surface area contributed by atoms with Crippen LogP contribution in [0.5, 0.6) is 0 Å². The SMILES string of the molecule is Cc1ccc(C(=O)Nc2ccc(S(=O)(=O)N3CCCC(C)C3)cc2)cc1NC(=O)c1ccco1. The molecule has 1 saturated heterocycles. The van der Waals surface area contributed by atoms with Gasteiger partial charge in [-0.2, -0.15) is 4.31 Å². The lowest BCUT2D eigenvalue weighted by molar-refractivity contribution is 0.0993. The van der Waals surface area contributed by atoms with E-state index in [-0.39, 0.29) is 16.6 Å². The van der Waals surface area contributed by atoms with E-state index < -0.39 is 15.9 Å². The predicted molar refractivity (Wildman–Crippen MR) is 129 cm³/mol. The molecule has 2 aromatic carbocycles. The average molecular weight is 482 g/mol. The number of nitrogens with one attached hydrogen (secondary N) is 2. The molecule has 8 nitrogen and oxygen atoms in total. The highest BCUT2D eigenvalue weighted by molar-refractivity contribution is 7.89. The molecule has 1 aliphatic heterocycles. The Hall–Kier alpha value is -3.43. The third kappa shape index (κ3) is 5.21. The van der Waals surface area contributed by atoms with E-state index in [9.17, 15) is 18.0 Å². The molecule has 4 rings (SSSR count). The van der Waals surface area contributed by atoms with Crippen LogP contribution in [0.25, 0.3) is 0 Å². The fourth-order valence-corrected chi connectivity index (χ4v) is 5.52. The van der Waals surface area contributed by atoms with Crippen molar-refractivity contribution in [3.8, 4) is 0 Å². The average Bonchev–Trinajstić information content (AvgIpc) is 3.36. The lowest BCUT2D eigenvalue weighted by Crippen LogP contribution is -2.39. The number of furan rings is 1. The summed E-state index contributed by atoms with van der Waals surface area (Å²) in [6.07, 6.45) is 3.30. The zero-order chi connectivity index (χ0) is 24.3. The maximum absolute atomic E-state index is 12.9. The van der Waals surface area contributed by atoms with Gasteiger partial charge < -0.3 is 15.1 Å². The van der Waals surface area contributed by atoms with Gasteiger partial charge in [-0.05, 0) is 79.8 Å². The minimum Gasteiger partial charge on any atom is -0.459 e. The fraction of sp³-hybridized carbons (Fsp3) is 0.280. The standard InChI is InChI=1S/C25H27N3O5S/c1-17-5-3-13-28(16-17)34(31,32)21-11-9-20(10-12-21)26-24(29)19-8-7-18(2)22(15-19)27-25(30)23-6-4-14-33-23/h4,6-12,14-15,17H,3,5,13,16H2,1-2H3,(H,26,29)(H,27,30). The van der Waals surface area contributed by atoms with Crippen LogP contribution in [-0.4, -0.2) is 37.6 Å². The number of piperidine rings is 1. The summed E-state index contributed by atoms with van der Waals surface area (Å²) >= 11 is 0. The first-order valence-electron chi connectivity index (χ1n) is 11.1. The first-order valence-corrected chi connectivity index (χ1v) is 12.5.